The summed E-state index contributed by atoms with van der Waals surface area (Å²) < 4.78 is 5.29. The Hall–Kier alpha value is -2.60. The lowest BCUT2D eigenvalue weighted by Gasteiger charge is -2.29. The Bertz CT molecular complexity index is 934. The van der Waals surface area contributed by atoms with E-state index < -0.39 is 5.54 Å². The molecule has 6 heteroatoms. The van der Waals surface area contributed by atoms with Gasteiger partial charge in [-0.3, -0.25) is 9.69 Å². The third-order valence-corrected chi connectivity index (χ3v) is 6.40. The van der Waals surface area contributed by atoms with Crippen LogP contribution < -0.4 is 10.1 Å². The van der Waals surface area contributed by atoms with Gasteiger partial charge in [0.15, 0.2) is 0 Å². The minimum atomic E-state index is -0.680. The Morgan fingerprint density at radius 1 is 1.00 bits per heavy atom. The molecule has 1 aliphatic heterocycles. The van der Waals surface area contributed by atoms with Crippen molar-refractivity contribution < 1.29 is 14.3 Å². The Morgan fingerprint density at radius 3 is 2.40 bits per heavy atom. The van der Waals surface area contributed by atoms with Crippen LogP contribution in [0.25, 0.3) is 10.8 Å². The number of amides is 3. The van der Waals surface area contributed by atoms with Crippen molar-refractivity contribution in [1.29, 1.82) is 0 Å². The standard InChI is InChI=1S/C24H31N3O3/c1-26(16-18-8-9-20-15-21(30-2)11-10-19(20)14-18)17-27-22(28)24(25-23(27)29)12-6-4-3-5-7-13-24/h8-11,14-15H,3-7,12-13,16-17H2,1-2H3,(H,25,29). The van der Waals surface area contributed by atoms with Crippen LogP contribution in [0.5, 0.6) is 5.75 Å². The van der Waals surface area contributed by atoms with Gasteiger partial charge < -0.3 is 10.1 Å². The van der Waals surface area contributed by atoms with Crippen molar-refractivity contribution in [2.24, 2.45) is 0 Å². The van der Waals surface area contributed by atoms with Crippen molar-refractivity contribution in [2.45, 2.75) is 57.0 Å². The monoisotopic (exact) mass is 409 g/mol. The van der Waals surface area contributed by atoms with Crippen molar-refractivity contribution >= 4 is 22.7 Å². The smallest absolute Gasteiger partial charge is 0.326 e. The molecule has 3 amide bonds. The van der Waals surface area contributed by atoms with E-state index >= 15 is 0 Å². The number of nitrogens with one attached hydrogen (secondary N) is 1. The molecule has 1 heterocycles. The first-order chi connectivity index (χ1) is 14.5. The van der Waals surface area contributed by atoms with E-state index in [2.05, 4.69) is 23.5 Å². The second-order valence-electron chi connectivity index (χ2n) is 8.72. The van der Waals surface area contributed by atoms with Gasteiger partial charge in [-0.25, -0.2) is 9.69 Å². The van der Waals surface area contributed by atoms with Crippen LogP contribution in [-0.4, -0.2) is 48.1 Å². The maximum Gasteiger partial charge on any atom is 0.326 e. The summed E-state index contributed by atoms with van der Waals surface area (Å²) >= 11 is 0. The summed E-state index contributed by atoms with van der Waals surface area (Å²) in [5.41, 5.74) is 0.461. The zero-order valence-corrected chi connectivity index (χ0v) is 17.9. The predicted octanol–water partition coefficient (Wildman–Crippen LogP) is 4.27. The molecule has 2 aromatic rings. The lowest BCUT2D eigenvalue weighted by molar-refractivity contribution is -0.133. The molecule has 0 atom stereocenters. The zero-order chi connectivity index (χ0) is 21.1. The molecule has 1 saturated carbocycles. The fraction of sp³-hybridized carbons (Fsp3) is 0.500. The van der Waals surface area contributed by atoms with E-state index in [-0.39, 0.29) is 11.9 Å². The first-order valence-electron chi connectivity index (χ1n) is 10.9. The summed E-state index contributed by atoms with van der Waals surface area (Å²) in [6.45, 7) is 0.957. The highest BCUT2D eigenvalue weighted by Gasteiger charge is 2.50. The van der Waals surface area contributed by atoms with E-state index in [1.807, 2.05) is 30.1 Å². The van der Waals surface area contributed by atoms with Crippen molar-refractivity contribution in [2.75, 3.05) is 20.8 Å². The first-order valence-corrected chi connectivity index (χ1v) is 10.9. The number of rotatable bonds is 5. The van der Waals surface area contributed by atoms with Gasteiger partial charge in [-0.05, 0) is 54.4 Å². The molecule has 0 aromatic heterocycles. The SMILES string of the molecule is COc1ccc2cc(CN(C)CN3C(=O)NC4(CCCCCCC4)C3=O)ccc2c1. The number of nitrogens with zero attached hydrogens (tertiary/aromatic N) is 2. The minimum Gasteiger partial charge on any atom is -0.497 e. The molecule has 0 radical (unpaired) electrons. The second-order valence-corrected chi connectivity index (χ2v) is 8.72. The van der Waals surface area contributed by atoms with Gasteiger partial charge in [0.25, 0.3) is 5.91 Å². The van der Waals surface area contributed by atoms with Crippen molar-refractivity contribution in [3.63, 3.8) is 0 Å². The number of carbonyl (C=O) groups excluding carboxylic acids is 2. The van der Waals surface area contributed by atoms with Crippen LogP contribution in [0.3, 0.4) is 0 Å². The van der Waals surface area contributed by atoms with E-state index in [0.29, 0.717) is 13.2 Å². The zero-order valence-electron chi connectivity index (χ0n) is 17.9. The summed E-state index contributed by atoms with van der Waals surface area (Å²) in [6.07, 6.45) is 7.01. The van der Waals surface area contributed by atoms with Crippen LogP contribution in [-0.2, 0) is 11.3 Å². The van der Waals surface area contributed by atoms with Crippen LogP contribution in [0.4, 0.5) is 4.79 Å². The molecule has 2 aromatic carbocycles. The Kier molecular flexibility index (Phi) is 5.95. The van der Waals surface area contributed by atoms with Crippen LogP contribution >= 0.6 is 0 Å². The molecule has 6 nitrogen and oxygen atoms in total. The van der Waals surface area contributed by atoms with Gasteiger partial charge in [0, 0.05) is 6.54 Å². The van der Waals surface area contributed by atoms with Gasteiger partial charge in [0.2, 0.25) is 0 Å². The normalized spacial score (nSPS) is 19.2. The van der Waals surface area contributed by atoms with Gasteiger partial charge in [0.05, 0.1) is 13.8 Å². The number of carbonyl (C=O) groups is 2. The molecule has 4 rings (SSSR count). The lowest BCUT2D eigenvalue weighted by Crippen LogP contribution is -2.48. The Balaban J connectivity index is 1.43. The molecule has 2 fully saturated rings. The van der Waals surface area contributed by atoms with E-state index in [0.717, 1.165) is 60.6 Å². The van der Waals surface area contributed by atoms with E-state index in [1.54, 1.807) is 7.11 Å². The molecule has 1 aliphatic carbocycles. The number of ether oxygens (including phenoxy) is 1. The van der Waals surface area contributed by atoms with Crippen LogP contribution in [0, 0.1) is 0 Å². The maximum absolute atomic E-state index is 13.2. The van der Waals surface area contributed by atoms with Gasteiger partial charge in [-0.1, -0.05) is 50.3 Å². The molecule has 2 aliphatic rings. The third kappa shape index (κ3) is 4.15. The predicted molar refractivity (Wildman–Crippen MR) is 117 cm³/mol. The number of hydrogen-bond acceptors (Lipinski definition) is 4. The molecular formula is C24H31N3O3. The number of imide groups is 1. The second kappa shape index (κ2) is 8.64. The summed E-state index contributed by atoms with van der Waals surface area (Å²) in [4.78, 5) is 29.2. The highest BCUT2D eigenvalue weighted by molar-refractivity contribution is 6.07. The highest BCUT2D eigenvalue weighted by Crippen LogP contribution is 2.32. The average Bonchev–Trinajstić information content (AvgIpc) is 2.95. The average molecular weight is 410 g/mol. The summed E-state index contributed by atoms with van der Waals surface area (Å²) in [6, 6.07) is 12.1. The number of hydrogen-bond donors (Lipinski definition) is 1. The molecule has 1 saturated heterocycles. The van der Waals surface area contributed by atoms with Crippen LogP contribution in [0.1, 0.15) is 50.5 Å². The minimum absolute atomic E-state index is 0.0492. The lowest BCUT2D eigenvalue weighted by atomic mass is 9.84. The molecule has 1 N–H and O–H groups in total. The third-order valence-electron chi connectivity index (χ3n) is 6.40. The fourth-order valence-corrected chi connectivity index (χ4v) is 4.75. The summed E-state index contributed by atoms with van der Waals surface area (Å²) in [5, 5.41) is 5.31. The molecule has 0 unspecified atom stereocenters. The number of urea groups is 1. The topological polar surface area (TPSA) is 61.9 Å². The van der Waals surface area contributed by atoms with Gasteiger partial charge >= 0.3 is 6.03 Å². The van der Waals surface area contributed by atoms with E-state index in [4.69, 9.17) is 4.74 Å². The van der Waals surface area contributed by atoms with Gasteiger partial charge in [0.1, 0.15) is 11.3 Å². The van der Waals surface area contributed by atoms with Crippen molar-refractivity contribution in [3.05, 3.63) is 42.0 Å². The first kappa shape index (κ1) is 20.7. The summed E-state index contributed by atoms with van der Waals surface area (Å²) in [7, 11) is 3.61. The largest absolute Gasteiger partial charge is 0.497 e. The quantitative estimate of drug-likeness (QED) is 0.749. The number of methoxy groups -OCH3 is 1. The molecule has 0 bridgehead atoms. The molecule has 1 spiro atoms. The maximum atomic E-state index is 13.2. The number of benzene rings is 2. The highest BCUT2D eigenvalue weighted by atomic mass is 16.5. The van der Waals surface area contributed by atoms with Gasteiger partial charge in [-0.2, -0.15) is 0 Å². The molecule has 160 valence electrons. The van der Waals surface area contributed by atoms with Crippen LogP contribution in [0.2, 0.25) is 0 Å². The molecule has 30 heavy (non-hydrogen) atoms. The van der Waals surface area contributed by atoms with E-state index in [9.17, 15) is 9.59 Å². The Morgan fingerprint density at radius 2 is 1.67 bits per heavy atom. The van der Waals surface area contributed by atoms with Crippen molar-refractivity contribution in [3.8, 4) is 5.75 Å². The number of fused-ring (bicyclic) bond motifs is 1. The van der Waals surface area contributed by atoms with Gasteiger partial charge in [-0.15, -0.1) is 0 Å². The summed E-state index contributed by atoms with van der Waals surface area (Å²) in [5.74, 6) is 0.793. The Labute approximate surface area is 178 Å². The van der Waals surface area contributed by atoms with Crippen molar-refractivity contribution in [1.82, 2.24) is 15.1 Å². The van der Waals surface area contributed by atoms with E-state index in [1.165, 1.54) is 11.3 Å². The van der Waals surface area contributed by atoms with Crippen LogP contribution in [0.15, 0.2) is 36.4 Å². The fourth-order valence-electron chi connectivity index (χ4n) is 4.75. The molecular weight excluding hydrogens is 378 g/mol.